The Morgan fingerprint density at radius 3 is 2.90 bits per heavy atom. The molecule has 6 nitrogen and oxygen atoms in total. The van der Waals surface area contributed by atoms with Crippen molar-refractivity contribution in [2.45, 2.75) is 31.8 Å². The molecule has 0 spiro atoms. The highest BCUT2D eigenvalue weighted by Crippen LogP contribution is 2.27. The molecule has 0 aliphatic carbocycles. The highest BCUT2D eigenvalue weighted by molar-refractivity contribution is 7.89. The summed E-state index contributed by atoms with van der Waals surface area (Å²) in [5.41, 5.74) is 0. The van der Waals surface area contributed by atoms with Gasteiger partial charge in [0, 0.05) is 45.6 Å². The van der Waals surface area contributed by atoms with Crippen LogP contribution in [-0.4, -0.2) is 54.3 Å². The van der Waals surface area contributed by atoms with Gasteiger partial charge in [-0.2, -0.15) is 0 Å². The average Bonchev–Trinajstić information content (AvgIpc) is 2.84. The Hall–Kier alpha value is -0.920. The van der Waals surface area contributed by atoms with Crippen LogP contribution in [-0.2, 0) is 21.8 Å². The van der Waals surface area contributed by atoms with Gasteiger partial charge in [0.15, 0.2) is 0 Å². The molecule has 1 aliphatic rings. The van der Waals surface area contributed by atoms with Crippen LogP contribution in [0.25, 0.3) is 0 Å². The number of piperidine rings is 1. The topological polar surface area (TPSA) is 64.4 Å². The summed E-state index contributed by atoms with van der Waals surface area (Å²) in [4.78, 5) is 4.35. The molecule has 2 rings (SSSR count). The van der Waals surface area contributed by atoms with Gasteiger partial charge in [-0.1, -0.05) is 0 Å². The molecule has 0 unspecified atom stereocenters. The molecule has 2 heterocycles. The third kappa shape index (κ3) is 3.39. The summed E-state index contributed by atoms with van der Waals surface area (Å²) in [6, 6.07) is 0. The summed E-state index contributed by atoms with van der Waals surface area (Å²) < 4.78 is 33.4. The molecule has 1 aromatic heterocycles. The zero-order chi connectivity index (χ0) is 14.8. The lowest BCUT2D eigenvalue weighted by molar-refractivity contribution is 0.134. The van der Waals surface area contributed by atoms with E-state index in [2.05, 4.69) is 4.98 Å². The van der Waals surface area contributed by atoms with Crippen molar-refractivity contribution in [1.82, 2.24) is 13.9 Å². The van der Waals surface area contributed by atoms with Gasteiger partial charge in [0.05, 0.1) is 11.9 Å². The van der Waals surface area contributed by atoms with Gasteiger partial charge in [0.25, 0.3) is 0 Å². The number of ether oxygens (including phenoxy) is 1. The highest BCUT2D eigenvalue weighted by atomic mass is 32.2. The molecule has 0 amide bonds. The maximum atomic E-state index is 12.4. The Bertz CT molecular complexity index is 541. The fourth-order valence-corrected chi connectivity index (χ4v) is 4.40. The van der Waals surface area contributed by atoms with E-state index in [9.17, 15) is 8.42 Å². The lowest BCUT2D eigenvalue weighted by Crippen LogP contribution is -2.42. The predicted molar refractivity (Wildman–Crippen MR) is 77.0 cm³/mol. The number of nitrogens with zero attached hydrogens (tertiary/aromatic N) is 3. The minimum absolute atomic E-state index is 0.0385. The Labute approximate surface area is 120 Å². The molecule has 20 heavy (non-hydrogen) atoms. The third-order valence-corrected chi connectivity index (χ3v) is 5.86. The van der Waals surface area contributed by atoms with Gasteiger partial charge in [-0.3, -0.25) is 0 Å². The van der Waals surface area contributed by atoms with Gasteiger partial charge in [-0.25, -0.2) is 17.7 Å². The fourth-order valence-electron chi connectivity index (χ4n) is 2.65. The molecule has 2 atom stereocenters. The second-order valence-corrected chi connectivity index (χ2v) is 7.43. The van der Waals surface area contributed by atoms with Crippen LogP contribution in [0.4, 0.5) is 0 Å². The summed E-state index contributed by atoms with van der Waals surface area (Å²) in [6.45, 7) is 2.89. The van der Waals surface area contributed by atoms with Crippen LogP contribution in [0.15, 0.2) is 12.4 Å². The maximum absolute atomic E-state index is 12.4. The molecule has 0 bridgehead atoms. The van der Waals surface area contributed by atoms with Crippen LogP contribution in [0.3, 0.4) is 0 Å². The second-order valence-electron chi connectivity index (χ2n) is 5.42. The van der Waals surface area contributed by atoms with E-state index in [0.29, 0.717) is 13.1 Å². The van der Waals surface area contributed by atoms with E-state index in [-0.39, 0.29) is 17.8 Å². The van der Waals surface area contributed by atoms with Crippen LogP contribution < -0.4 is 0 Å². The van der Waals surface area contributed by atoms with Crippen molar-refractivity contribution in [1.29, 1.82) is 0 Å². The minimum Gasteiger partial charge on any atom is -0.381 e. The normalized spacial score (nSPS) is 22.9. The van der Waals surface area contributed by atoms with Crippen molar-refractivity contribution >= 4 is 10.0 Å². The van der Waals surface area contributed by atoms with Gasteiger partial charge in [0.1, 0.15) is 5.82 Å². The Morgan fingerprint density at radius 1 is 1.55 bits per heavy atom. The Kier molecular flexibility index (Phi) is 4.82. The summed E-state index contributed by atoms with van der Waals surface area (Å²) in [5, 5.41) is 0. The smallest absolute Gasteiger partial charge is 0.216 e. The molecule has 114 valence electrons. The number of aryl methyl sites for hydroxylation is 1. The quantitative estimate of drug-likeness (QED) is 0.813. The van der Waals surface area contributed by atoms with E-state index >= 15 is 0 Å². The van der Waals surface area contributed by atoms with E-state index in [1.165, 1.54) is 7.11 Å². The number of hydrogen-bond donors (Lipinski definition) is 0. The molecule has 0 N–H and O–H groups in total. The largest absolute Gasteiger partial charge is 0.381 e. The third-order valence-electron chi connectivity index (χ3n) is 3.85. The first-order chi connectivity index (χ1) is 9.44. The van der Waals surface area contributed by atoms with E-state index in [1.54, 1.807) is 17.4 Å². The molecule has 1 fully saturated rings. The first-order valence-electron chi connectivity index (χ1n) is 6.92. The highest BCUT2D eigenvalue weighted by Gasteiger charge is 2.32. The fraction of sp³-hybridized carbons (Fsp3) is 0.769. The van der Waals surface area contributed by atoms with Crippen LogP contribution >= 0.6 is 0 Å². The van der Waals surface area contributed by atoms with Crippen LogP contribution in [0.1, 0.15) is 31.5 Å². The van der Waals surface area contributed by atoms with Gasteiger partial charge < -0.3 is 9.30 Å². The zero-order valence-corrected chi connectivity index (χ0v) is 13.1. The van der Waals surface area contributed by atoms with Crippen LogP contribution in [0.5, 0.6) is 0 Å². The van der Waals surface area contributed by atoms with Crippen LogP contribution in [0, 0.1) is 0 Å². The Balaban J connectivity index is 2.09. The summed E-state index contributed by atoms with van der Waals surface area (Å²) in [7, 11) is 0.222. The molecule has 0 radical (unpaired) electrons. The number of aromatic nitrogens is 2. The van der Waals surface area contributed by atoms with Gasteiger partial charge in [-0.05, 0) is 19.8 Å². The minimum atomic E-state index is -3.26. The second kappa shape index (κ2) is 6.24. The first kappa shape index (κ1) is 15.5. The van der Waals surface area contributed by atoms with Gasteiger partial charge in [-0.15, -0.1) is 0 Å². The predicted octanol–water partition coefficient (Wildman–Crippen LogP) is 0.964. The summed E-state index contributed by atoms with van der Waals surface area (Å²) in [5.74, 6) is 1.18. The van der Waals surface area contributed by atoms with Crippen LogP contribution in [0.2, 0.25) is 0 Å². The van der Waals surface area contributed by atoms with Crippen molar-refractivity contribution in [2.75, 3.05) is 26.0 Å². The first-order valence-corrected chi connectivity index (χ1v) is 8.53. The number of rotatable bonds is 5. The molecule has 7 heteroatoms. The van der Waals surface area contributed by atoms with Gasteiger partial charge in [0.2, 0.25) is 10.0 Å². The zero-order valence-electron chi connectivity index (χ0n) is 12.3. The molecular formula is C13H23N3O3S. The van der Waals surface area contributed by atoms with Crippen molar-refractivity contribution in [2.24, 2.45) is 7.05 Å². The molecule has 1 aromatic rings. The van der Waals surface area contributed by atoms with E-state index in [4.69, 9.17) is 4.74 Å². The van der Waals surface area contributed by atoms with Gasteiger partial charge >= 0.3 is 0 Å². The SMILES string of the molecule is CO[C@@H](C)CS(=O)(=O)N1CCC[C@H](c2nccn2C)C1. The molecule has 0 aromatic carbocycles. The molecule has 0 saturated carbocycles. The van der Waals surface area contributed by atoms with Crippen molar-refractivity contribution in [3.8, 4) is 0 Å². The van der Waals surface area contributed by atoms with E-state index < -0.39 is 10.0 Å². The summed E-state index contributed by atoms with van der Waals surface area (Å²) >= 11 is 0. The number of hydrogen-bond acceptors (Lipinski definition) is 4. The number of methoxy groups -OCH3 is 1. The van der Waals surface area contributed by atoms with E-state index in [0.717, 1.165) is 18.7 Å². The van der Waals surface area contributed by atoms with Crippen molar-refractivity contribution in [3.63, 3.8) is 0 Å². The standard InChI is InChI=1S/C13H23N3O3S/c1-11(19-3)10-20(17,18)16-7-4-5-12(9-16)13-14-6-8-15(13)2/h6,8,11-12H,4-5,7,9-10H2,1-3H3/t11-,12-/m0/s1. The average molecular weight is 301 g/mol. The molecular weight excluding hydrogens is 278 g/mol. The molecule has 1 saturated heterocycles. The summed E-state index contributed by atoms with van der Waals surface area (Å²) in [6.07, 6.45) is 5.23. The van der Waals surface area contributed by atoms with Crippen molar-refractivity contribution in [3.05, 3.63) is 18.2 Å². The van der Waals surface area contributed by atoms with Crippen molar-refractivity contribution < 1.29 is 13.2 Å². The molecule has 1 aliphatic heterocycles. The monoisotopic (exact) mass is 301 g/mol. The number of sulfonamides is 1. The number of imidazole rings is 1. The Morgan fingerprint density at radius 2 is 2.30 bits per heavy atom. The maximum Gasteiger partial charge on any atom is 0.216 e. The van der Waals surface area contributed by atoms with E-state index in [1.807, 2.05) is 17.8 Å². The lowest BCUT2D eigenvalue weighted by atomic mass is 9.99. The lowest BCUT2D eigenvalue weighted by Gasteiger charge is -2.32.